The summed E-state index contributed by atoms with van der Waals surface area (Å²) in [6, 6.07) is 5.81. The Hall–Kier alpha value is -4.97. The molecule has 1 aliphatic heterocycles. The van der Waals surface area contributed by atoms with Crippen LogP contribution in [0.25, 0.3) is 50.5 Å². The average Bonchev–Trinajstić information content (AvgIpc) is 3.71. The molecule has 7 heterocycles. The Morgan fingerprint density at radius 2 is 1.98 bits per heavy atom. The molecule has 0 aromatic carbocycles. The summed E-state index contributed by atoms with van der Waals surface area (Å²) < 4.78 is 1.86. The van der Waals surface area contributed by atoms with Crippen molar-refractivity contribution in [3.8, 4) is 28.5 Å². The molecule has 6 aromatic heterocycles. The number of aromatic nitrogens is 9. The molecule has 12 nitrogen and oxygen atoms in total. The molecule has 0 radical (unpaired) electrons. The number of nitrogens with one attached hydrogen (secondary N) is 4. The first-order chi connectivity index (χ1) is 19.6. The third-order valence-corrected chi connectivity index (χ3v) is 7.27. The van der Waals surface area contributed by atoms with E-state index < -0.39 is 0 Å². The van der Waals surface area contributed by atoms with Gasteiger partial charge in [-0.3, -0.25) is 19.4 Å². The van der Waals surface area contributed by atoms with Gasteiger partial charge in [-0.15, -0.1) is 0 Å². The number of aryl methyl sites for hydroxylation is 1. The fourth-order valence-electron chi connectivity index (χ4n) is 5.23. The van der Waals surface area contributed by atoms with Crippen LogP contribution in [0.2, 0.25) is 0 Å². The minimum absolute atomic E-state index is 0.0150. The number of aromatic amines is 2. The molecule has 0 saturated carbocycles. The van der Waals surface area contributed by atoms with Crippen molar-refractivity contribution in [3.63, 3.8) is 0 Å². The van der Waals surface area contributed by atoms with Crippen molar-refractivity contribution in [1.82, 2.24) is 50.0 Å². The second kappa shape index (κ2) is 9.97. The van der Waals surface area contributed by atoms with E-state index in [2.05, 4.69) is 45.8 Å². The lowest BCUT2D eigenvalue weighted by molar-refractivity contribution is -0.117. The predicted octanol–water partition coefficient (Wildman–Crippen LogP) is 3.78. The molecule has 1 fully saturated rings. The van der Waals surface area contributed by atoms with Gasteiger partial charge in [0.15, 0.2) is 17.3 Å². The minimum Gasteiger partial charge on any atom is -0.336 e. The number of hydrogen-bond acceptors (Lipinski definition) is 8. The summed E-state index contributed by atoms with van der Waals surface area (Å²) in [6.07, 6.45) is 13.1. The summed E-state index contributed by atoms with van der Waals surface area (Å²) in [5.41, 5.74) is 6.09. The summed E-state index contributed by atoms with van der Waals surface area (Å²) in [4.78, 5) is 38.7. The lowest BCUT2D eigenvalue weighted by Gasteiger charge is -2.21. The van der Waals surface area contributed by atoms with Crippen LogP contribution in [0.3, 0.4) is 0 Å². The van der Waals surface area contributed by atoms with Crippen LogP contribution in [-0.4, -0.2) is 63.7 Å². The molecule has 0 atom stereocenters. The zero-order valence-electron chi connectivity index (χ0n) is 21.8. The molecule has 0 aliphatic carbocycles. The number of rotatable bonds is 6. The quantitative estimate of drug-likeness (QED) is 0.252. The number of pyridine rings is 3. The monoisotopic (exact) mass is 533 g/mol. The van der Waals surface area contributed by atoms with E-state index in [1.165, 1.54) is 0 Å². The summed E-state index contributed by atoms with van der Waals surface area (Å²) in [5.74, 6) is 1.71. The van der Waals surface area contributed by atoms with Crippen LogP contribution in [0.15, 0.2) is 55.5 Å². The molecular weight excluding hydrogens is 506 g/mol. The molecule has 1 amide bonds. The first kappa shape index (κ1) is 24.1. The smallest absolute Gasteiger partial charge is 0.224 e. The Morgan fingerprint density at radius 1 is 1.10 bits per heavy atom. The Balaban J connectivity index is 1.19. The van der Waals surface area contributed by atoms with Crippen molar-refractivity contribution in [2.24, 2.45) is 5.92 Å². The van der Waals surface area contributed by atoms with Crippen molar-refractivity contribution in [3.05, 3.63) is 61.2 Å². The fourth-order valence-corrected chi connectivity index (χ4v) is 5.23. The summed E-state index contributed by atoms with van der Waals surface area (Å²) in [6.45, 7) is 3.87. The van der Waals surface area contributed by atoms with E-state index in [0.717, 1.165) is 53.7 Å². The summed E-state index contributed by atoms with van der Waals surface area (Å²) >= 11 is 0. The zero-order valence-corrected chi connectivity index (χ0v) is 21.8. The molecule has 12 heteroatoms. The molecule has 4 N–H and O–H groups in total. The minimum atomic E-state index is 0.0150. The first-order valence-electron chi connectivity index (χ1n) is 13.3. The highest BCUT2D eigenvalue weighted by Gasteiger charge is 2.19. The van der Waals surface area contributed by atoms with Gasteiger partial charge >= 0.3 is 0 Å². The van der Waals surface area contributed by atoms with Gasteiger partial charge in [0.2, 0.25) is 5.91 Å². The van der Waals surface area contributed by atoms with Gasteiger partial charge in [-0.05, 0) is 57.0 Å². The number of fused-ring (bicyclic) bond motifs is 2. The standard InChI is InChI=1S/C28H27N11O/c1-16-14-39(15-33-16)28-25-22(4-7-31-28)35-27(36-25)24-21-10-19(12-32-26(21)38-37-24)18-9-20(13-30-11-18)34-23(40)8-17-2-5-29-6-3-17/h4,7,9-15,17,29H,2-3,5-6,8H2,1H3,(H,34,40)(H,35,36)(H,32,37,38). The van der Waals surface area contributed by atoms with E-state index in [0.29, 0.717) is 46.5 Å². The number of imidazole rings is 2. The van der Waals surface area contributed by atoms with Crippen molar-refractivity contribution < 1.29 is 4.79 Å². The van der Waals surface area contributed by atoms with E-state index in [9.17, 15) is 4.79 Å². The molecule has 40 heavy (non-hydrogen) atoms. The Kier molecular flexibility index (Phi) is 6.00. The topological polar surface area (TPSA) is 155 Å². The number of piperidine rings is 1. The van der Waals surface area contributed by atoms with E-state index in [1.807, 2.05) is 35.9 Å². The van der Waals surface area contributed by atoms with E-state index in [1.54, 1.807) is 31.1 Å². The maximum Gasteiger partial charge on any atom is 0.224 e. The van der Waals surface area contributed by atoms with Gasteiger partial charge in [-0.1, -0.05) is 0 Å². The highest BCUT2D eigenvalue weighted by Crippen LogP contribution is 2.30. The second-order valence-corrected chi connectivity index (χ2v) is 10.1. The summed E-state index contributed by atoms with van der Waals surface area (Å²) in [7, 11) is 0. The van der Waals surface area contributed by atoms with E-state index >= 15 is 0 Å². The van der Waals surface area contributed by atoms with Crippen LogP contribution in [0, 0.1) is 12.8 Å². The van der Waals surface area contributed by atoms with Gasteiger partial charge in [0.05, 0.1) is 28.5 Å². The first-order valence-corrected chi connectivity index (χ1v) is 13.3. The molecule has 200 valence electrons. The molecular formula is C28H27N11O. The normalized spacial score (nSPS) is 14.2. The maximum atomic E-state index is 12.7. The fraction of sp³-hybridized carbons (Fsp3) is 0.250. The van der Waals surface area contributed by atoms with Crippen LogP contribution in [0.4, 0.5) is 5.69 Å². The molecule has 1 saturated heterocycles. The molecule has 0 bridgehead atoms. The van der Waals surface area contributed by atoms with Crippen molar-refractivity contribution in [2.45, 2.75) is 26.2 Å². The number of hydrogen-bond donors (Lipinski definition) is 4. The van der Waals surface area contributed by atoms with Crippen LogP contribution in [0.1, 0.15) is 25.0 Å². The highest BCUT2D eigenvalue weighted by atomic mass is 16.1. The maximum absolute atomic E-state index is 12.7. The van der Waals surface area contributed by atoms with Gasteiger partial charge in [0.1, 0.15) is 17.5 Å². The van der Waals surface area contributed by atoms with E-state index in [-0.39, 0.29) is 5.91 Å². The average molecular weight is 534 g/mol. The Bertz CT molecular complexity index is 1840. The Morgan fingerprint density at radius 3 is 2.83 bits per heavy atom. The SMILES string of the molecule is Cc1cn(-c2nccc3[nH]c(-c4n[nH]c5ncc(-c6cncc(NC(=O)CC7CCNCC7)c6)cc45)nc23)cn1. The van der Waals surface area contributed by atoms with Crippen LogP contribution < -0.4 is 10.6 Å². The van der Waals surface area contributed by atoms with Crippen molar-refractivity contribution >= 4 is 33.7 Å². The highest BCUT2D eigenvalue weighted by molar-refractivity contribution is 5.95. The number of carbonyl (C=O) groups is 1. The third kappa shape index (κ3) is 4.58. The largest absolute Gasteiger partial charge is 0.336 e. The molecule has 1 aliphatic rings. The number of anilines is 1. The van der Waals surface area contributed by atoms with Crippen LogP contribution >= 0.6 is 0 Å². The molecule has 0 unspecified atom stereocenters. The lowest BCUT2D eigenvalue weighted by atomic mass is 9.94. The van der Waals surface area contributed by atoms with Gasteiger partial charge in [-0.25, -0.2) is 19.9 Å². The van der Waals surface area contributed by atoms with Crippen molar-refractivity contribution in [2.75, 3.05) is 18.4 Å². The van der Waals surface area contributed by atoms with Gasteiger partial charge < -0.3 is 15.6 Å². The van der Waals surface area contributed by atoms with Gasteiger partial charge in [-0.2, -0.15) is 5.10 Å². The molecule has 0 spiro atoms. The number of H-pyrrole nitrogens is 2. The number of amides is 1. The molecule has 7 rings (SSSR count). The Labute approximate surface area is 228 Å². The van der Waals surface area contributed by atoms with Gasteiger partial charge in [0, 0.05) is 42.3 Å². The third-order valence-electron chi connectivity index (χ3n) is 7.27. The number of nitrogens with zero attached hydrogens (tertiary/aromatic N) is 7. The van der Waals surface area contributed by atoms with Gasteiger partial charge in [0.25, 0.3) is 0 Å². The zero-order chi connectivity index (χ0) is 27.1. The van der Waals surface area contributed by atoms with Crippen LogP contribution in [-0.2, 0) is 4.79 Å². The van der Waals surface area contributed by atoms with Crippen LogP contribution in [0.5, 0.6) is 0 Å². The number of carbonyl (C=O) groups excluding carboxylic acids is 1. The van der Waals surface area contributed by atoms with E-state index in [4.69, 9.17) is 4.98 Å². The predicted molar refractivity (Wildman–Crippen MR) is 151 cm³/mol. The molecule has 6 aromatic rings. The summed E-state index contributed by atoms with van der Waals surface area (Å²) in [5, 5.41) is 14.7. The lowest BCUT2D eigenvalue weighted by Crippen LogP contribution is -2.30. The van der Waals surface area contributed by atoms with Crippen molar-refractivity contribution in [1.29, 1.82) is 0 Å². The second-order valence-electron chi connectivity index (χ2n) is 10.1.